The summed E-state index contributed by atoms with van der Waals surface area (Å²) in [6, 6.07) is 23.9. The normalized spacial score (nSPS) is 10.7. The van der Waals surface area contributed by atoms with Gasteiger partial charge in [-0.15, -0.1) is 0 Å². The monoisotopic (exact) mass is 365 g/mol. The lowest BCUT2D eigenvalue weighted by Gasteiger charge is -2.09. The van der Waals surface area contributed by atoms with Crippen LogP contribution in [-0.4, -0.2) is 8.42 Å². The van der Waals surface area contributed by atoms with Crippen LogP contribution in [0, 0.1) is 11.3 Å². The Kier molecular flexibility index (Phi) is 5.20. The van der Waals surface area contributed by atoms with Crippen molar-refractivity contribution >= 4 is 10.1 Å². The van der Waals surface area contributed by atoms with E-state index in [4.69, 9.17) is 14.2 Å². The first-order chi connectivity index (χ1) is 12.5. The number of nitriles is 1. The highest BCUT2D eigenvalue weighted by molar-refractivity contribution is 7.86. The molecule has 0 N–H and O–H groups in total. The maximum atomic E-state index is 12.3. The molecule has 0 saturated heterocycles. The molecule has 0 aliphatic heterocycles. The topological polar surface area (TPSA) is 76.4 Å². The van der Waals surface area contributed by atoms with Gasteiger partial charge in [0, 0.05) is 6.07 Å². The fourth-order valence-electron chi connectivity index (χ4n) is 2.27. The van der Waals surface area contributed by atoms with Gasteiger partial charge in [0.05, 0.1) is 11.6 Å². The van der Waals surface area contributed by atoms with Crippen molar-refractivity contribution in [1.82, 2.24) is 0 Å². The molecule has 0 amide bonds. The lowest BCUT2D eigenvalue weighted by atomic mass is 10.2. The SMILES string of the molecule is N#Cc1ccc(CS(=O)(=O)Oc2cccc(Oc3ccccc3)c2)cc1. The molecule has 3 aromatic rings. The van der Waals surface area contributed by atoms with E-state index in [1.54, 1.807) is 54.6 Å². The van der Waals surface area contributed by atoms with Crippen LogP contribution in [-0.2, 0) is 15.9 Å². The molecule has 130 valence electrons. The van der Waals surface area contributed by atoms with E-state index in [9.17, 15) is 8.42 Å². The predicted molar refractivity (Wildman–Crippen MR) is 97.4 cm³/mol. The van der Waals surface area contributed by atoms with E-state index in [2.05, 4.69) is 0 Å². The number of nitrogens with zero attached hydrogens (tertiary/aromatic N) is 1. The number of para-hydroxylation sites is 1. The molecule has 0 atom stereocenters. The fraction of sp³-hybridized carbons (Fsp3) is 0.0500. The number of ether oxygens (including phenoxy) is 1. The van der Waals surface area contributed by atoms with Crippen molar-refractivity contribution in [2.45, 2.75) is 5.75 Å². The zero-order valence-electron chi connectivity index (χ0n) is 13.7. The van der Waals surface area contributed by atoms with Gasteiger partial charge in [-0.3, -0.25) is 0 Å². The first-order valence-corrected chi connectivity index (χ1v) is 9.36. The van der Waals surface area contributed by atoms with Gasteiger partial charge in [0.15, 0.2) is 0 Å². The van der Waals surface area contributed by atoms with Crippen LogP contribution in [0.4, 0.5) is 0 Å². The lowest BCUT2D eigenvalue weighted by molar-refractivity contribution is 0.468. The quantitative estimate of drug-likeness (QED) is 0.610. The number of rotatable bonds is 6. The minimum atomic E-state index is -3.84. The molecule has 0 aliphatic carbocycles. The van der Waals surface area contributed by atoms with Gasteiger partial charge >= 0.3 is 10.1 Å². The summed E-state index contributed by atoms with van der Waals surface area (Å²) < 4.78 is 35.4. The van der Waals surface area contributed by atoms with E-state index < -0.39 is 10.1 Å². The lowest BCUT2D eigenvalue weighted by Crippen LogP contribution is -2.12. The first-order valence-electron chi connectivity index (χ1n) is 7.78. The molecule has 0 spiro atoms. The average Bonchev–Trinajstić information content (AvgIpc) is 2.63. The van der Waals surface area contributed by atoms with Crippen molar-refractivity contribution in [2.24, 2.45) is 0 Å². The zero-order chi connectivity index (χ0) is 18.4. The third-order valence-electron chi connectivity index (χ3n) is 3.43. The number of benzene rings is 3. The largest absolute Gasteiger partial charge is 0.457 e. The summed E-state index contributed by atoms with van der Waals surface area (Å²) in [6.45, 7) is 0. The molecule has 0 heterocycles. The Morgan fingerprint density at radius 1 is 0.808 bits per heavy atom. The van der Waals surface area contributed by atoms with Crippen molar-refractivity contribution in [3.63, 3.8) is 0 Å². The molecule has 0 aliphatic rings. The Morgan fingerprint density at radius 2 is 1.46 bits per heavy atom. The van der Waals surface area contributed by atoms with Gasteiger partial charge in [0.2, 0.25) is 0 Å². The second-order valence-corrected chi connectivity index (χ2v) is 7.05. The number of hydrogen-bond acceptors (Lipinski definition) is 5. The molecule has 0 bridgehead atoms. The van der Waals surface area contributed by atoms with E-state index >= 15 is 0 Å². The Bertz CT molecular complexity index is 1020. The predicted octanol–water partition coefficient (Wildman–Crippen LogP) is 4.26. The summed E-state index contributed by atoms with van der Waals surface area (Å²) in [6.07, 6.45) is 0. The van der Waals surface area contributed by atoms with Gasteiger partial charge in [0.25, 0.3) is 0 Å². The van der Waals surface area contributed by atoms with Crippen molar-refractivity contribution in [3.05, 3.63) is 90.0 Å². The van der Waals surface area contributed by atoms with Crippen LogP contribution in [0.5, 0.6) is 17.2 Å². The minimum absolute atomic E-state index is 0.173. The summed E-state index contributed by atoms with van der Waals surface area (Å²) in [5.74, 6) is 1.00. The van der Waals surface area contributed by atoms with Gasteiger partial charge in [-0.2, -0.15) is 13.7 Å². The highest BCUT2D eigenvalue weighted by Crippen LogP contribution is 2.26. The van der Waals surface area contributed by atoms with E-state index in [0.717, 1.165) is 0 Å². The molecule has 0 saturated carbocycles. The van der Waals surface area contributed by atoms with Crippen LogP contribution >= 0.6 is 0 Å². The molecule has 0 aromatic heterocycles. The van der Waals surface area contributed by atoms with Crippen LogP contribution in [0.25, 0.3) is 0 Å². The third kappa shape index (κ3) is 4.85. The first kappa shape index (κ1) is 17.5. The van der Waals surface area contributed by atoms with Crippen LogP contribution in [0.15, 0.2) is 78.9 Å². The molecular formula is C20H15NO4S. The maximum absolute atomic E-state index is 12.3. The zero-order valence-corrected chi connectivity index (χ0v) is 14.5. The Morgan fingerprint density at radius 3 is 2.15 bits per heavy atom. The summed E-state index contributed by atoms with van der Waals surface area (Å²) in [4.78, 5) is 0. The second-order valence-electron chi connectivity index (χ2n) is 5.48. The maximum Gasteiger partial charge on any atom is 0.313 e. The average molecular weight is 365 g/mol. The molecule has 0 fully saturated rings. The molecular weight excluding hydrogens is 350 g/mol. The van der Waals surface area contributed by atoms with Crippen LogP contribution in [0.2, 0.25) is 0 Å². The smallest absolute Gasteiger partial charge is 0.313 e. The summed E-state index contributed by atoms with van der Waals surface area (Å²) >= 11 is 0. The Balaban J connectivity index is 1.71. The van der Waals surface area contributed by atoms with Crippen molar-refractivity contribution in [1.29, 1.82) is 5.26 Å². The third-order valence-corrected chi connectivity index (χ3v) is 4.57. The van der Waals surface area contributed by atoms with Gasteiger partial charge in [-0.05, 0) is 42.0 Å². The Labute approximate surface area is 152 Å². The van der Waals surface area contributed by atoms with Gasteiger partial charge < -0.3 is 8.92 Å². The molecule has 5 nitrogen and oxygen atoms in total. The molecule has 0 radical (unpaired) electrons. The molecule has 26 heavy (non-hydrogen) atoms. The van der Waals surface area contributed by atoms with Gasteiger partial charge in [-0.25, -0.2) is 0 Å². The van der Waals surface area contributed by atoms with Crippen LogP contribution in [0.3, 0.4) is 0 Å². The van der Waals surface area contributed by atoms with Crippen molar-refractivity contribution < 1.29 is 17.3 Å². The second kappa shape index (κ2) is 7.72. The molecule has 6 heteroatoms. The van der Waals surface area contributed by atoms with Crippen molar-refractivity contribution in [3.8, 4) is 23.3 Å². The summed E-state index contributed by atoms with van der Waals surface area (Å²) in [7, 11) is -3.84. The van der Waals surface area contributed by atoms with Crippen LogP contribution in [0.1, 0.15) is 11.1 Å². The van der Waals surface area contributed by atoms with Gasteiger partial charge in [-0.1, -0.05) is 36.4 Å². The van der Waals surface area contributed by atoms with E-state index in [1.807, 2.05) is 24.3 Å². The standard InChI is InChI=1S/C20H15NO4S/c21-14-16-9-11-17(12-10-16)15-26(22,23)25-20-8-4-7-19(13-20)24-18-5-2-1-3-6-18/h1-13H,15H2. The van der Waals surface area contributed by atoms with Crippen molar-refractivity contribution in [2.75, 3.05) is 0 Å². The fourth-order valence-corrected chi connectivity index (χ4v) is 3.33. The van der Waals surface area contributed by atoms with E-state index in [0.29, 0.717) is 22.6 Å². The number of hydrogen-bond donors (Lipinski definition) is 0. The summed E-state index contributed by atoms with van der Waals surface area (Å²) in [5.41, 5.74) is 1.01. The Hall–Kier alpha value is -3.30. The molecule has 3 rings (SSSR count). The molecule has 3 aromatic carbocycles. The van der Waals surface area contributed by atoms with Gasteiger partial charge in [0.1, 0.15) is 23.0 Å². The highest BCUT2D eigenvalue weighted by atomic mass is 32.2. The summed E-state index contributed by atoms with van der Waals surface area (Å²) in [5, 5.41) is 8.78. The minimum Gasteiger partial charge on any atom is -0.457 e. The highest BCUT2D eigenvalue weighted by Gasteiger charge is 2.15. The van der Waals surface area contributed by atoms with E-state index in [1.165, 1.54) is 6.07 Å². The molecule has 0 unspecified atom stereocenters. The van der Waals surface area contributed by atoms with E-state index in [-0.39, 0.29) is 11.5 Å². The van der Waals surface area contributed by atoms with Crippen LogP contribution < -0.4 is 8.92 Å².